The molecule has 136 valence electrons. The van der Waals surface area contributed by atoms with Crippen molar-refractivity contribution in [2.75, 3.05) is 11.9 Å². The standard InChI is InChI=1S/C18H24N4O2.ClH/c1-14-11-13-20-18(21-14)24-16-9-7-15(8-10-16)22-17(23)6-4-2-3-5-12-19;/h7-11,13H,2-6,12,19H2,1H3,(H,22,23);1H. The third kappa shape index (κ3) is 7.96. The van der Waals surface area contributed by atoms with Gasteiger partial charge in [-0.3, -0.25) is 4.79 Å². The Bertz CT molecular complexity index is 650. The molecule has 0 radical (unpaired) electrons. The second kappa shape index (κ2) is 11.4. The minimum Gasteiger partial charge on any atom is -0.424 e. The Morgan fingerprint density at radius 2 is 1.84 bits per heavy atom. The first-order valence-corrected chi connectivity index (χ1v) is 8.25. The molecule has 1 aromatic heterocycles. The van der Waals surface area contributed by atoms with Gasteiger partial charge in [0.25, 0.3) is 0 Å². The van der Waals surface area contributed by atoms with E-state index < -0.39 is 0 Å². The number of amides is 1. The lowest BCUT2D eigenvalue weighted by molar-refractivity contribution is -0.116. The molecule has 3 N–H and O–H groups in total. The summed E-state index contributed by atoms with van der Waals surface area (Å²) < 4.78 is 5.58. The molecule has 1 heterocycles. The van der Waals surface area contributed by atoms with Crippen LogP contribution in [0.5, 0.6) is 11.8 Å². The minimum absolute atomic E-state index is 0. The maximum absolute atomic E-state index is 11.9. The number of carbonyl (C=O) groups is 1. The Hall–Kier alpha value is -2.18. The van der Waals surface area contributed by atoms with Crippen LogP contribution in [0.15, 0.2) is 36.5 Å². The fourth-order valence-corrected chi connectivity index (χ4v) is 2.19. The van der Waals surface area contributed by atoms with Crippen molar-refractivity contribution >= 4 is 24.0 Å². The molecule has 1 amide bonds. The van der Waals surface area contributed by atoms with E-state index in [9.17, 15) is 4.79 Å². The predicted molar refractivity (Wildman–Crippen MR) is 101 cm³/mol. The van der Waals surface area contributed by atoms with Crippen LogP contribution >= 0.6 is 12.4 Å². The lowest BCUT2D eigenvalue weighted by atomic mass is 10.1. The van der Waals surface area contributed by atoms with E-state index in [0.29, 0.717) is 24.7 Å². The van der Waals surface area contributed by atoms with Crippen molar-refractivity contribution in [1.29, 1.82) is 0 Å². The summed E-state index contributed by atoms with van der Waals surface area (Å²) in [6, 6.07) is 9.28. The highest BCUT2D eigenvalue weighted by Crippen LogP contribution is 2.20. The Labute approximate surface area is 154 Å². The Kier molecular flexibility index (Phi) is 9.50. The van der Waals surface area contributed by atoms with Crippen molar-refractivity contribution in [1.82, 2.24) is 9.97 Å². The maximum Gasteiger partial charge on any atom is 0.322 e. The van der Waals surface area contributed by atoms with Gasteiger partial charge in [-0.1, -0.05) is 12.8 Å². The van der Waals surface area contributed by atoms with Gasteiger partial charge >= 0.3 is 6.01 Å². The van der Waals surface area contributed by atoms with Crippen LogP contribution < -0.4 is 15.8 Å². The zero-order valence-electron chi connectivity index (χ0n) is 14.4. The number of carbonyl (C=O) groups excluding carboxylic acids is 1. The molecule has 1 aromatic carbocycles. The summed E-state index contributed by atoms with van der Waals surface area (Å²) in [5.74, 6) is 0.652. The number of hydrogen-bond acceptors (Lipinski definition) is 5. The number of benzene rings is 1. The number of aryl methyl sites for hydroxylation is 1. The molecular formula is C18H25ClN4O2. The second-order valence-corrected chi connectivity index (χ2v) is 5.61. The van der Waals surface area contributed by atoms with E-state index in [0.717, 1.165) is 37.1 Å². The zero-order valence-corrected chi connectivity index (χ0v) is 15.2. The number of nitrogens with one attached hydrogen (secondary N) is 1. The molecule has 6 nitrogen and oxygen atoms in total. The number of halogens is 1. The van der Waals surface area contributed by atoms with Crippen LogP contribution in [0.4, 0.5) is 5.69 Å². The summed E-state index contributed by atoms with van der Waals surface area (Å²) in [4.78, 5) is 20.1. The fourth-order valence-electron chi connectivity index (χ4n) is 2.19. The number of unbranched alkanes of at least 4 members (excludes halogenated alkanes) is 3. The zero-order chi connectivity index (χ0) is 17.2. The van der Waals surface area contributed by atoms with E-state index in [1.165, 1.54) is 0 Å². The Morgan fingerprint density at radius 1 is 1.12 bits per heavy atom. The van der Waals surface area contributed by atoms with Crippen LogP contribution in [0.25, 0.3) is 0 Å². The molecule has 0 aliphatic rings. The van der Waals surface area contributed by atoms with E-state index in [-0.39, 0.29) is 18.3 Å². The van der Waals surface area contributed by atoms with Crippen LogP contribution in [-0.2, 0) is 4.79 Å². The number of aromatic nitrogens is 2. The minimum atomic E-state index is 0. The predicted octanol–water partition coefficient (Wildman–Crippen LogP) is 3.85. The normalized spacial score (nSPS) is 10.0. The largest absolute Gasteiger partial charge is 0.424 e. The topological polar surface area (TPSA) is 90.1 Å². The molecule has 0 bridgehead atoms. The van der Waals surface area contributed by atoms with Gasteiger partial charge in [-0.05, 0) is 56.6 Å². The average molecular weight is 365 g/mol. The maximum atomic E-state index is 11.9. The SMILES string of the molecule is Cc1ccnc(Oc2ccc(NC(=O)CCCCCCN)cc2)n1.Cl. The molecule has 0 saturated heterocycles. The summed E-state index contributed by atoms with van der Waals surface area (Å²) in [6.07, 6.45) is 6.20. The Balaban J connectivity index is 0.00000312. The highest BCUT2D eigenvalue weighted by Gasteiger charge is 2.04. The van der Waals surface area contributed by atoms with Crippen molar-refractivity contribution in [2.24, 2.45) is 5.73 Å². The highest BCUT2D eigenvalue weighted by atomic mass is 35.5. The van der Waals surface area contributed by atoms with Gasteiger partial charge in [0.1, 0.15) is 5.75 Å². The molecule has 0 spiro atoms. The number of ether oxygens (including phenoxy) is 1. The van der Waals surface area contributed by atoms with Crippen molar-refractivity contribution in [3.63, 3.8) is 0 Å². The van der Waals surface area contributed by atoms with Gasteiger partial charge in [-0.25, -0.2) is 9.97 Å². The number of anilines is 1. The summed E-state index contributed by atoms with van der Waals surface area (Å²) >= 11 is 0. The smallest absolute Gasteiger partial charge is 0.322 e. The first-order chi connectivity index (χ1) is 11.7. The summed E-state index contributed by atoms with van der Waals surface area (Å²) in [5.41, 5.74) is 7.04. The molecule has 25 heavy (non-hydrogen) atoms. The second-order valence-electron chi connectivity index (χ2n) is 5.61. The summed E-state index contributed by atoms with van der Waals surface area (Å²) in [5, 5.41) is 2.88. The molecule has 0 saturated carbocycles. The first kappa shape index (κ1) is 20.9. The van der Waals surface area contributed by atoms with Crippen molar-refractivity contribution < 1.29 is 9.53 Å². The molecule has 0 aliphatic heterocycles. The van der Waals surface area contributed by atoms with Gasteiger partial charge in [0.2, 0.25) is 5.91 Å². The lowest BCUT2D eigenvalue weighted by Gasteiger charge is -2.07. The summed E-state index contributed by atoms with van der Waals surface area (Å²) in [7, 11) is 0. The van der Waals surface area contributed by atoms with E-state index in [1.807, 2.05) is 13.0 Å². The quantitative estimate of drug-likeness (QED) is 0.659. The number of rotatable bonds is 9. The number of nitrogens with two attached hydrogens (primary N) is 1. The van der Waals surface area contributed by atoms with E-state index in [1.54, 1.807) is 30.5 Å². The van der Waals surface area contributed by atoms with E-state index in [4.69, 9.17) is 10.5 Å². The van der Waals surface area contributed by atoms with Crippen molar-refractivity contribution in [2.45, 2.75) is 39.0 Å². The van der Waals surface area contributed by atoms with Crippen LogP contribution in [-0.4, -0.2) is 22.4 Å². The third-order valence-corrected chi connectivity index (χ3v) is 3.48. The van der Waals surface area contributed by atoms with Crippen LogP contribution in [0, 0.1) is 6.92 Å². The molecule has 0 atom stereocenters. The third-order valence-electron chi connectivity index (χ3n) is 3.48. The molecule has 0 unspecified atom stereocenters. The van der Waals surface area contributed by atoms with Gasteiger partial charge in [0.05, 0.1) is 0 Å². The fraction of sp³-hybridized carbons (Fsp3) is 0.389. The number of hydrogen-bond donors (Lipinski definition) is 2. The molecule has 7 heteroatoms. The average Bonchev–Trinajstić information content (AvgIpc) is 2.56. The van der Waals surface area contributed by atoms with Gasteiger partial charge in [-0.2, -0.15) is 0 Å². The number of nitrogens with zero attached hydrogens (tertiary/aromatic N) is 2. The molecule has 2 rings (SSSR count). The van der Waals surface area contributed by atoms with Gasteiger partial charge in [0.15, 0.2) is 0 Å². The molecule has 0 fully saturated rings. The summed E-state index contributed by atoms with van der Waals surface area (Å²) in [6.45, 7) is 2.59. The lowest BCUT2D eigenvalue weighted by Crippen LogP contribution is -2.11. The van der Waals surface area contributed by atoms with E-state index in [2.05, 4.69) is 15.3 Å². The molecular weight excluding hydrogens is 340 g/mol. The Morgan fingerprint density at radius 3 is 2.52 bits per heavy atom. The van der Waals surface area contributed by atoms with Crippen molar-refractivity contribution in [3.8, 4) is 11.8 Å². The molecule has 2 aromatic rings. The van der Waals surface area contributed by atoms with Gasteiger partial charge < -0.3 is 15.8 Å². The van der Waals surface area contributed by atoms with Gasteiger partial charge in [0, 0.05) is 24.0 Å². The van der Waals surface area contributed by atoms with Crippen LogP contribution in [0.3, 0.4) is 0 Å². The highest BCUT2D eigenvalue weighted by molar-refractivity contribution is 5.90. The van der Waals surface area contributed by atoms with Crippen molar-refractivity contribution in [3.05, 3.63) is 42.2 Å². The van der Waals surface area contributed by atoms with Crippen LogP contribution in [0.2, 0.25) is 0 Å². The van der Waals surface area contributed by atoms with E-state index >= 15 is 0 Å². The van der Waals surface area contributed by atoms with Gasteiger partial charge in [-0.15, -0.1) is 12.4 Å². The monoisotopic (exact) mass is 364 g/mol. The molecule has 0 aliphatic carbocycles. The van der Waals surface area contributed by atoms with Crippen LogP contribution in [0.1, 0.15) is 37.8 Å². The first-order valence-electron chi connectivity index (χ1n) is 8.25.